The molecule has 6 nitrogen and oxygen atoms in total. The summed E-state index contributed by atoms with van der Waals surface area (Å²) in [5.74, 6) is 0.338. The van der Waals surface area contributed by atoms with Crippen molar-refractivity contribution < 1.29 is 19.1 Å². The Morgan fingerprint density at radius 2 is 1.76 bits per heavy atom. The molecule has 2 amide bonds. The van der Waals surface area contributed by atoms with Gasteiger partial charge in [0.25, 0.3) is 11.8 Å². The van der Waals surface area contributed by atoms with Crippen LogP contribution in [0.5, 0.6) is 11.5 Å². The summed E-state index contributed by atoms with van der Waals surface area (Å²) < 4.78 is 11.2. The van der Waals surface area contributed by atoms with Crippen LogP contribution in [0.4, 0.5) is 11.4 Å². The summed E-state index contributed by atoms with van der Waals surface area (Å²) in [6.45, 7) is 1.79. The molecule has 3 aromatic carbocycles. The molecule has 1 heterocycles. The Balaban J connectivity index is 1.49. The molecule has 0 bridgehead atoms. The molecule has 0 fully saturated rings. The van der Waals surface area contributed by atoms with Crippen LogP contribution in [-0.4, -0.2) is 24.5 Å². The van der Waals surface area contributed by atoms with Crippen molar-refractivity contribution in [1.29, 1.82) is 0 Å². The van der Waals surface area contributed by atoms with Gasteiger partial charge in [-0.05, 0) is 61.0 Å². The minimum atomic E-state index is -0.622. The molecule has 9 heteroatoms. The van der Waals surface area contributed by atoms with E-state index in [0.29, 0.717) is 44.5 Å². The molecule has 0 saturated carbocycles. The number of hydrogen-bond donors (Lipinski definition) is 1. The van der Waals surface area contributed by atoms with Crippen LogP contribution >= 0.6 is 34.8 Å². The Hall–Kier alpha value is -2.93. The lowest BCUT2D eigenvalue weighted by molar-refractivity contribution is -0.125. The van der Waals surface area contributed by atoms with Gasteiger partial charge in [-0.1, -0.05) is 46.9 Å². The van der Waals surface area contributed by atoms with Crippen LogP contribution in [0.2, 0.25) is 15.1 Å². The third-order valence-corrected chi connectivity index (χ3v) is 5.74. The highest BCUT2D eigenvalue weighted by Gasteiger charge is 2.31. The van der Waals surface area contributed by atoms with Crippen molar-refractivity contribution in [2.24, 2.45) is 0 Å². The smallest absolute Gasteiger partial charge is 0.268 e. The van der Waals surface area contributed by atoms with E-state index in [4.69, 9.17) is 44.3 Å². The summed E-state index contributed by atoms with van der Waals surface area (Å²) in [4.78, 5) is 26.9. The van der Waals surface area contributed by atoms with Crippen LogP contribution in [0.3, 0.4) is 0 Å². The number of carbonyl (C=O) groups excluding carboxylic acids is 2. The van der Waals surface area contributed by atoms with Crippen molar-refractivity contribution in [3.63, 3.8) is 0 Å². The molecule has 170 valence electrons. The Morgan fingerprint density at radius 1 is 1.03 bits per heavy atom. The minimum absolute atomic E-state index is 0.179. The second-order valence-corrected chi connectivity index (χ2v) is 8.69. The second kappa shape index (κ2) is 9.91. The van der Waals surface area contributed by atoms with Gasteiger partial charge < -0.3 is 19.7 Å². The zero-order valence-electron chi connectivity index (χ0n) is 17.5. The van der Waals surface area contributed by atoms with Crippen LogP contribution < -0.4 is 19.7 Å². The van der Waals surface area contributed by atoms with Gasteiger partial charge in [-0.2, -0.15) is 0 Å². The highest BCUT2D eigenvalue weighted by molar-refractivity contribution is 6.35. The number of carbonyl (C=O) groups is 2. The third-order valence-electron chi connectivity index (χ3n) is 4.96. The van der Waals surface area contributed by atoms with Gasteiger partial charge in [0.15, 0.2) is 12.7 Å². The van der Waals surface area contributed by atoms with Crippen molar-refractivity contribution in [2.75, 3.05) is 16.8 Å². The number of ether oxygens (including phenoxy) is 2. The average molecular weight is 506 g/mol. The van der Waals surface area contributed by atoms with Gasteiger partial charge in [-0.3, -0.25) is 9.59 Å². The first kappa shape index (κ1) is 23.2. The largest absolute Gasteiger partial charge is 0.482 e. The highest BCUT2D eigenvalue weighted by Crippen LogP contribution is 2.37. The van der Waals surface area contributed by atoms with Crippen molar-refractivity contribution in [2.45, 2.75) is 19.6 Å². The van der Waals surface area contributed by atoms with Crippen LogP contribution in [-0.2, 0) is 16.1 Å². The van der Waals surface area contributed by atoms with E-state index in [2.05, 4.69) is 5.32 Å². The number of fused-ring (bicyclic) bond motifs is 1. The van der Waals surface area contributed by atoms with Gasteiger partial charge >= 0.3 is 0 Å². The number of hydrogen-bond acceptors (Lipinski definition) is 4. The van der Waals surface area contributed by atoms with Gasteiger partial charge in [-0.25, -0.2) is 0 Å². The first-order chi connectivity index (χ1) is 15.8. The van der Waals surface area contributed by atoms with Gasteiger partial charge in [0.2, 0.25) is 0 Å². The van der Waals surface area contributed by atoms with Gasteiger partial charge in [0.1, 0.15) is 11.5 Å². The fourth-order valence-electron chi connectivity index (χ4n) is 3.35. The highest BCUT2D eigenvalue weighted by atomic mass is 35.5. The SMILES string of the molecule is CC1Oc2ccc(NC(=O)COc3ccc(Cl)cc3Cl)cc2N(Cc2ccc(Cl)cc2)C1=O. The van der Waals surface area contributed by atoms with Crippen molar-refractivity contribution in [3.05, 3.63) is 81.3 Å². The zero-order chi connectivity index (χ0) is 23.5. The number of nitrogens with zero attached hydrogens (tertiary/aromatic N) is 1. The van der Waals surface area contributed by atoms with E-state index in [9.17, 15) is 9.59 Å². The predicted molar refractivity (Wildman–Crippen MR) is 130 cm³/mol. The number of benzene rings is 3. The van der Waals surface area contributed by atoms with Crippen molar-refractivity contribution in [1.82, 2.24) is 0 Å². The predicted octanol–water partition coefficient (Wildman–Crippen LogP) is 5.98. The molecule has 33 heavy (non-hydrogen) atoms. The third kappa shape index (κ3) is 5.53. The topological polar surface area (TPSA) is 67.9 Å². The maximum absolute atomic E-state index is 12.9. The molecule has 1 aliphatic rings. The number of amides is 2. The lowest BCUT2D eigenvalue weighted by Gasteiger charge is -2.33. The number of rotatable bonds is 6. The lowest BCUT2D eigenvalue weighted by Crippen LogP contribution is -2.44. The van der Waals surface area contributed by atoms with Crippen molar-refractivity contribution >= 4 is 58.0 Å². The first-order valence-corrected chi connectivity index (χ1v) is 11.2. The van der Waals surface area contributed by atoms with Crippen LogP contribution in [0.25, 0.3) is 0 Å². The fraction of sp³-hybridized carbons (Fsp3) is 0.167. The molecule has 4 rings (SSSR count). The Bertz CT molecular complexity index is 1200. The van der Waals surface area contributed by atoms with E-state index >= 15 is 0 Å². The van der Waals surface area contributed by atoms with E-state index < -0.39 is 6.10 Å². The van der Waals surface area contributed by atoms with Gasteiger partial charge in [-0.15, -0.1) is 0 Å². The molecule has 3 aromatic rings. The standard InChI is InChI=1S/C24H19Cl3N2O4/c1-14-24(31)29(12-15-2-4-16(25)5-3-15)20-11-18(7-9-22(20)33-14)28-23(30)13-32-21-8-6-17(26)10-19(21)27/h2-11,14H,12-13H2,1H3,(H,28,30). The molecule has 0 saturated heterocycles. The Labute approximate surface area is 205 Å². The average Bonchev–Trinajstić information content (AvgIpc) is 2.78. The molecular formula is C24H19Cl3N2O4. The van der Waals surface area contributed by atoms with E-state index in [1.54, 1.807) is 54.3 Å². The molecule has 0 aliphatic carbocycles. The second-order valence-electron chi connectivity index (χ2n) is 7.41. The molecule has 1 atom stereocenters. The summed E-state index contributed by atoms with van der Waals surface area (Å²) >= 11 is 17.9. The molecule has 1 aliphatic heterocycles. The van der Waals surface area contributed by atoms with E-state index in [0.717, 1.165) is 5.56 Å². The van der Waals surface area contributed by atoms with E-state index in [1.165, 1.54) is 6.07 Å². The summed E-state index contributed by atoms with van der Waals surface area (Å²) in [5, 5.41) is 4.17. The molecule has 0 radical (unpaired) electrons. The Kier molecular flexibility index (Phi) is 6.98. The van der Waals surface area contributed by atoms with Gasteiger partial charge in [0, 0.05) is 15.7 Å². The number of nitrogens with one attached hydrogen (secondary N) is 1. The fourth-order valence-corrected chi connectivity index (χ4v) is 3.94. The first-order valence-electron chi connectivity index (χ1n) is 10.0. The summed E-state index contributed by atoms with van der Waals surface area (Å²) in [5.41, 5.74) is 1.97. The number of halogens is 3. The maximum Gasteiger partial charge on any atom is 0.268 e. The van der Waals surface area contributed by atoms with E-state index in [1.807, 2.05) is 12.1 Å². The van der Waals surface area contributed by atoms with Crippen LogP contribution in [0.1, 0.15) is 12.5 Å². The van der Waals surface area contributed by atoms with Crippen LogP contribution in [0, 0.1) is 0 Å². The summed E-state index contributed by atoms with van der Waals surface area (Å²) in [7, 11) is 0. The monoisotopic (exact) mass is 504 g/mol. The molecule has 1 unspecified atom stereocenters. The molecule has 0 spiro atoms. The van der Waals surface area contributed by atoms with E-state index in [-0.39, 0.29) is 18.4 Å². The summed E-state index contributed by atoms with van der Waals surface area (Å²) in [6.07, 6.45) is -0.622. The molecule has 1 N–H and O–H groups in total. The Morgan fingerprint density at radius 3 is 2.48 bits per heavy atom. The van der Waals surface area contributed by atoms with Crippen molar-refractivity contribution in [3.8, 4) is 11.5 Å². The molecular weight excluding hydrogens is 487 g/mol. The molecule has 0 aromatic heterocycles. The maximum atomic E-state index is 12.9. The number of anilines is 2. The van der Waals surface area contributed by atoms with Gasteiger partial charge in [0.05, 0.1) is 17.3 Å². The summed E-state index contributed by atoms with van der Waals surface area (Å²) in [6, 6.07) is 17.1. The zero-order valence-corrected chi connectivity index (χ0v) is 19.7. The lowest BCUT2D eigenvalue weighted by atomic mass is 10.1. The van der Waals surface area contributed by atoms with Crippen LogP contribution in [0.15, 0.2) is 60.7 Å². The quantitative estimate of drug-likeness (QED) is 0.448. The normalized spacial score (nSPS) is 15.0. The minimum Gasteiger partial charge on any atom is -0.482 e.